The molecule has 1 aromatic heterocycles. The normalized spacial score (nSPS) is 19.9. The molecular formula is C14H15F4N5O2. The van der Waals surface area contributed by atoms with Gasteiger partial charge in [-0.1, -0.05) is 0 Å². The Balaban J connectivity index is 1.63. The molecule has 2 aliphatic rings. The van der Waals surface area contributed by atoms with Crippen molar-refractivity contribution in [2.45, 2.75) is 25.1 Å². The number of piperidine rings is 1. The fourth-order valence-electron chi connectivity index (χ4n) is 3.11. The maximum atomic E-state index is 13.7. The number of aromatic nitrogens is 2. The Labute approximate surface area is 140 Å². The fourth-order valence-corrected chi connectivity index (χ4v) is 3.11. The quantitative estimate of drug-likeness (QED) is 0.602. The van der Waals surface area contributed by atoms with Crippen LogP contribution in [0.25, 0.3) is 0 Å². The largest absolute Gasteiger partial charge is 0.406 e. The van der Waals surface area contributed by atoms with Gasteiger partial charge in [-0.2, -0.15) is 13.2 Å². The number of imide groups is 1. The first-order chi connectivity index (χ1) is 11.8. The maximum Gasteiger partial charge on any atom is 0.406 e. The average Bonchev–Trinajstić information content (AvgIpc) is 2.82. The van der Waals surface area contributed by atoms with Gasteiger partial charge in [0.25, 0.3) is 5.91 Å². The predicted molar refractivity (Wildman–Crippen MR) is 77.1 cm³/mol. The molecule has 0 bridgehead atoms. The summed E-state index contributed by atoms with van der Waals surface area (Å²) in [6.07, 6.45) is -1.55. The lowest BCUT2D eigenvalue weighted by Gasteiger charge is -2.36. The predicted octanol–water partition coefficient (Wildman–Crippen LogP) is 1.41. The van der Waals surface area contributed by atoms with Gasteiger partial charge in [-0.15, -0.1) is 0 Å². The van der Waals surface area contributed by atoms with E-state index in [-0.39, 0.29) is 23.3 Å². The molecule has 2 aliphatic heterocycles. The third-order valence-electron chi connectivity index (χ3n) is 4.27. The number of amides is 3. The first kappa shape index (κ1) is 17.4. The summed E-state index contributed by atoms with van der Waals surface area (Å²) >= 11 is 0. The molecule has 0 saturated carbocycles. The van der Waals surface area contributed by atoms with E-state index in [4.69, 9.17) is 0 Å². The molecule has 2 saturated heterocycles. The van der Waals surface area contributed by atoms with Gasteiger partial charge in [-0.05, 0) is 12.8 Å². The third-order valence-corrected chi connectivity index (χ3v) is 4.27. The Bertz CT molecular complexity index is 675. The summed E-state index contributed by atoms with van der Waals surface area (Å²) in [6, 6.07) is -1.29. The number of carbonyl (C=O) groups excluding carboxylic acids is 2. The van der Waals surface area contributed by atoms with Crippen LogP contribution in [-0.4, -0.2) is 70.1 Å². The van der Waals surface area contributed by atoms with E-state index in [0.29, 0.717) is 25.9 Å². The van der Waals surface area contributed by atoms with Gasteiger partial charge in [0.15, 0.2) is 11.6 Å². The molecule has 1 aromatic rings. The molecule has 11 heteroatoms. The van der Waals surface area contributed by atoms with E-state index in [0.717, 1.165) is 6.20 Å². The number of carbonyl (C=O) groups is 2. The summed E-state index contributed by atoms with van der Waals surface area (Å²) in [5.41, 5.74) is 0. The average molecular weight is 361 g/mol. The summed E-state index contributed by atoms with van der Waals surface area (Å²) < 4.78 is 51.1. The van der Waals surface area contributed by atoms with Gasteiger partial charge >= 0.3 is 12.2 Å². The van der Waals surface area contributed by atoms with Crippen LogP contribution in [0.2, 0.25) is 0 Å². The Morgan fingerprint density at radius 2 is 1.88 bits per heavy atom. The van der Waals surface area contributed by atoms with Crippen molar-refractivity contribution in [2.75, 3.05) is 31.1 Å². The Kier molecular flexibility index (Phi) is 4.48. The molecule has 3 rings (SSSR count). The van der Waals surface area contributed by atoms with Crippen molar-refractivity contribution in [2.24, 2.45) is 0 Å². The van der Waals surface area contributed by atoms with E-state index >= 15 is 0 Å². The van der Waals surface area contributed by atoms with Crippen LogP contribution in [-0.2, 0) is 4.79 Å². The Hall–Kier alpha value is -2.46. The van der Waals surface area contributed by atoms with Gasteiger partial charge in [0.05, 0.1) is 6.20 Å². The van der Waals surface area contributed by atoms with E-state index in [1.165, 1.54) is 11.2 Å². The van der Waals surface area contributed by atoms with Gasteiger partial charge in [0, 0.05) is 19.1 Å². The van der Waals surface area contributed by atoms with Crippen LogP contribution in [0, 0.1) is 5.82 Å². The van der Waals surface area contributed by atoms with Crippen molar-refractivity contribution in [1.29, 1.82) is 0 Å². The topological polar surface area (TPSA) is 69.6 Å². The number of hydrogen-bond donors (Lipinski definition) is 0. The zero-order valence-electron chi connectivity index (χ0n) is 13.0. The number of rotatable bonds is 3. The maximum absolute atomic E-state index is 13.7. The van der Waals surface area contributed by atoms with E-state index < -0.39 is 30.5 Å². The first-order valence-electron chi connectivity index (χ1n) is 7.64. The van der Waals surface area contributed by atoms with Crippen molar-refractivity contribution in [3.63, 3.8) is 0 Å². The third kappa shape index (κ3) is 3.64. The summed E-state index contributed by atoms with van der Waals surface area (Å²) in [4.78, 5) is 34.4. The van der Waals surface area contributed by atoms with Crippen molar-refractivity contribution >= 4 is 17.8 Å². The summed E-state index contributed by atoms with van der Waals surface area (Å²) in [5, 5.41) is 0. The van der Waals surface area contributed by atoms with Crippen LogP contribution in [0.4, 0.5) is 28.2 Å². The lowest BCUT2D eigenvalue weighted by atomic mass is 10.0. The van der Waals surface area contributed by atoms with Crippen LogP contribution < -0.4 is 4.90 Å². The minimum absolute atomic E-state index is 0.149. The van der Waals surface area contributed by atoms with Crippen LogP contribution >= 0.6 is 0 Å². The standard InChI is InChI=1S/C14H15F4N5O2/c15-10-5-19-8-20-12(10)21-3-1-9(2-4-21)22-6-11(24)23(13(22)25)7-14(16,17)18/h5,8-9H,1-4,6-7H2. The minimum atomic E-state index is -4.63. The highest BCUT2D eigenvalue weighted by Gasteiger charge is 2.45. The molecule has 0 radical (unpaired) electrons. The van der Waals surface area contributed by atoms with Crippen LogP contribution in [0.15, 0.2) is 12.5 Å². The Morgan fingerprint density at radius 3 is 2.48 bits per heavy atom. The molecule has 25 heavy (non-hydrogen) atoms. The van der Waals surface area contributed by atoms with Gasteiger partial charge < -0.3 is 9.80 Å². The van der Waals surface area contributed by atoms with E-state index in [1.54, 1.807) is 4.90 Å². The zero-order chi connectivity index (χ0) is 18.2. The molecule has 3 heterocycles. The molecule has 0 atom stereocenters. The van der Waals surface area contributed by atoms with Gasteiger partial charge in [0.1, 0.15) is 19.4 Å². The number of hydrogen-bond acceptors (Lipinski definition) is 5. The molecule has 2 fully saturated rings. The smallest absolute Gasteiger partial charge is 0.354 e. The Morgan fingerprint density at radius 1 is 1.20 bits per heavy atom. The zero-order valence-corrected chi connectivity index (χ0v) is 13.0. The molecule has 136 valence electrons. The highest BCUT2D eigenvalue weighted by Crippen LogP contribution is 2.27. The highest BCUT2D eigenvalue weighted by molar-refractivity contribution is 6.02. The van der Waals surface area contributed by atoms with Gasteiger partial charge in [-0.3, -0.25) is 9.69 Å². The first-order valence-corrected chi connectivity index (χ1v) is 7.64. The number of alkyl halides is 3. The molecule has 0 aliphatic carbocycles. The molecule has 0 N–H and O–H groups in total. The van der Waals surface area contributed by atoms with Crippen molar-refractivity contribution in [1.82, 2.24) is 19.8 Å². The van der Waals surface area contributed by atoms with E-state index in [2.05, 4.69) is 9.97 Å². The van der Waals surface area contributed by atoms with Gasteiger partial charge in [0.2, 0.25) is 0 Å². The molecular weight excluding hydrogens is 346 g/mol. The van der Waals surface area contributed by atoms with Gasteiger partial charge in [-0.25, -0.2) is 19.2 Å². The SMILES string of the molecule is O=C1CN(C2CCN(c3ncncc3F)CC2)C(=O)N1CC(F)(F)F. The lowest BCUT2D eigenvalue weighted by Crippen LogP contribution is -2.47. The minimum Gasteiger partial charge on any atom is -0.354 e. The number of anilines is 1. The van der Waals surface area contributed by atoms with Crippen LogP contribution in [0.3, 0.4) is 0 Å². The van der Waals surface area contributed by atoms with Crippen LogP contribution in [0.1, 0.15) is 12.8 Å². The summed E-state index contributed by atoms with van der Waals surface area (Å²) in [6.45, 7) is -1.20. The number of urea groups is 1. The second kappa shape index (κ2) is 6.45. The second-order valence-corrected chi connectivity index (χ2v) is 5.92. The fraction of sp³-hybridized carbons (Fsp3) is 0.571. The molecule has 0 spiro atoms. The van der Waals surface area contributed by atoms with E-state index in [1.807, 2.05) is 0 Å². The lowest BCUT2D eigenvalue weighted by molar-refractivity contribution is -0.151. The second-order valence-electron chi connectivity index (χ2n) is 5.92. The molecule has 3 amide bonds. The van der Waals surface area contributed by atoms with Crippen molar-refractivity contribution in [3.05, 3.63) is 18.3 Å². The summed E-state index contributed by atoms with van der Waals surface area (Å²) in [5.74, 6) is -1.27. The monoisotopic (exact) mass is 361 g/mol. The molecule has 0 unspecified atom stereocenters. The highest BCUT2D eigenvalue weighted by atomic mass is 19.4. The summed E-state index contributed by atoms with van der Waals surface area (Å²) in [7, 11) is 0. The van der Waals surface area contributed by atoms with Crippen LogP contribution in [0.5, 0.6) is 0 Å². The van der Waals surface area contributed by atoms with E-state index in [9.17, 15) is 27.2 Å². The molecule has 0 aromatic carbocycles. The van der Waals surface area contributed by atoms with Crippen molar-refractivity contribution < 1.29 is 27.2 Å². The number of nitrogens with zero attached hydrogens (tertiary/aromatic N) is 5. The number of halogens is 4. The van der Waals surface area contributed by atoms with Crippen molar-refractivity contribution in [3.8, 4) is 0 Å². The molecule has 7 nitrogen and oxygen atoms in total.